The van der Waals surface area contributed by atoms with Crippen molar-refractivity contribution >= 4 is 0 Å². The summed E-state index contributed by atoms with van der Waals surface area (Å²) in [4.78, 5) is 11.1. The van der Waals surface area contributed by atoms with Crippen LogP contribution in [0.1, 0.15) is 18.2 Å². The van der Waals surface area contributed by atoms with Gasteiger partial charge in [0.25, 0.3) is 0 Å². The summed E-state index contributed by atoms with van der Waals surface area (Å²) in [6, 6.07) is 1.61. The summed E-state index contributed by atoms with van der Waals surface area (Å²) >= 11 is 0. The van der Waals surface area contributed by atoms with Crippen LogP contribution in [0.15, 0.2) is 17.1 Å². The molecule has 0 aliphatic carbocycles. The second-order valence-electron chi connectivity index (χ2n) is 2.72. The number of pyridine rings is 1. The van der Waals surface area contributed by atoms with Crippen LogP contribution in [0.2, 0.25) is 0 Å². The standard InChI is InChI=1S/C9H13NO/c1-4-8-7(2)9(11)5-6-10(8)3/h5-6H,4H2,1-3H3. The fourth-order valence-electron chi connectivity index (χ4n) is 1.32. The van der Waals surface area contributed by atoms with Gasteiger partial charge in [-0.05, 0) is 13.3 Å². The maximum Gasteiger partial charge on any atom is 0.184 e. The second-order valence-corrected chi connectivity index (χ2v) is 2.72. The first-order chi connectivity index (χ1) is 5.16. The number of aryl methyl sites for hydroxylation is 1. The third kappa shape index (κ3) is 1.34. The Balaban J connectivity index is 3.41. The molecule has 0 saturated heterocycles. The van der Waals surface area contributed by atoms with E-state index >= 15 is 0 Å². The van der Waals surface area contributed by atoms with Gasteiger partial charge in [-0.2, -0.15) is 0 Å². The zero-order chi connectivity index (χ0) is 8.43. The fourth-order valence-corrected chi connectivity index (χ4v) is 1.32. The molecule has 0 bridgehead atoms. The van der Waals surface area contributed by atoms with Crippen molar-refractivity contribution in [3.63, 3.8) is 0 Å². The van der Waals surface area contributed by atoms with Gasteiger partial charge in [-0.15, -0.1) is 0 Å². The fraction of sp³-hybridized carbons (Fsp3) is 0.444. The average Bonchev–Trinajstić information content (AvgIpc) is 1.99. The van der Waals surface area contributed by atoms with E-state index in [0.717, 1.165) is 17.7 Å². The van der Waals surface area contributed by atoms with Crippen molar-refractivity contribution in [2.24, 2.45) is 7.05 Å². The molecule has 60 valence electrons. The minimum absolute atomic E-state index is 0.139. The Bertz CT molecular complexity index is 312. The summed E-state index contributed by atoms with van der Waals surface area (Å²) in [6.45, 7) is 3.93. The van der Waals surface area contributed by atoms with Gasteiger partial charge in [-0.25, -0.2) is 0 Å². The lowest BCUT2D eigenvalue weighted by Gasteiger charge is -2.07. The van der Waals surface area contributed by atoms with Crippen LogP contribution in [0, 0.1) is 6.92 Å². The van der Waals surface area contributed by atoms with Gasteiger partial charge in [0.1, 0.15) is 0 Å². The van der Waals surface area contributed by atoms with Crippen molar-refractivity contribution in [1.29, 1.82) is 0 Å². The summed E-state index contributed by atoms with van der Waals surface area (Å²) in [7, 11) is 1.96. The van der Waals surface area contributed by atoms with Gasteiger partial charge in [0.15, 0.2) is 5.43 Å². The molecule has 0 aromatic carbocycles. The Hall–Kier alpha value is -1.05. The van der Waals surface area contributed by atoms with Crippen molar-refractivity contribution in [1.82, 2.24) is 4.57 Å². The van der Waals surface area contributed by atoms with Gasteiger partial charge in [0.05, 0.1) is 0 Å². The molecule has 1 rings (SSSR count). The molecule has 2 nitrogen and oxygen atoms in total. The molecule has 0 N–H and O–H groups in total. The monoisotopic (exact) mass is 151 g/mol. The molecule has 2 heteroatoms. The van der Waals surface area contributed by atoms with Crippen LogP contribution in [0.4, 0.5) is 0 Å². The molecular weight excluding hydrogens is 138 g/mol. The van der Waals surface area contributed by atoms with Crippen LogP contribution >= 0.6 is 0 Å². The first kappa shape index (κ1) is 8.05. The molecule has 0 fully saturated rings. The van der Waals surface area contributed by atoms with E-state index in [9.17, 15) is 4.79 Å². The summed E-state index contributed by atoms with van der Waals surface area (Å²) in [5, 5.41) is 0. The maximum atomic E-state index is 11.1. The SMILES string of the molecule is CCc1c(C)c(=O)ccn1C. The van der Waals surface area contributed by atoms with E-state index in [1.54, 1.807) is 6.07 Å². The Morgan fingerprint density at radius 2 is 2.18 bits per heavy atom. The highest BCUT2D eigenvalue weighted by Gasteiger charge is 2.00. The van der Waals surface area contributed by atoms with Gasteiger partial charge in [0.2, 0.25) is 0 Å². The van der Waals surface area contributed by atoms with Gasteiger partial charge >= 0.3 is 0 Å². The molecule has 1 aromatic rings. The maximum absolute atomic E-state index is 11.1. The number of rotatable bonds is 1. The number of nitrogens with zero attached hydrogens (tertiary/aromatic N) is 1. The highest BCUT2D eigenvalue weighted by molar-refractivity contribution is 5.19. The van der Waals surface area contributed by atoms with E-state index in [2.05, 4.69) is 6.92 Å². The molecule has 11 heavy (non-hydrogen) atoms. The van der Waals surface area contributed by atoms with Gasteiger partial charge in [0, 0.05) is 30.6 Å². The predicted molar refractivity (Wildman–Crippen MR) is 45.8 cm³/mol. The molecule has 1 aromatic heterocycles. The average molecular weight is 151 g/mol. The molecule has 0 unspecified atom stereocenters. The van der Waals surface area contributed by atoms with Crippen LogP contribution < -0.4 is 5.43 Å². The van der Waals surface area contributed by atoms with E-state index in [1.165, 1.54) is 0 Å². The minimum Gasteiger partial charge on any atom is -0.354 e. The van der Waals surface area contributed by atoms with E-state index in [1.807, 2.05) is 24.7 Å². The third-order valence-electron chi connectivity index (χ3n) is 2.01. The highest BCUT2D eigenvalue weighted by Crippen LogP contribution is 2.01. The molecular formula is C9H13NO. The Morgan fingerprint density at radius 3 is 2.64 bits per heavy atom. The van der Waals surface area contributed by atoms with Crippen LogP contribution in [-0.2, 0) is 13.5 Å². The second kappa shape index (κ2) is 2.91. The van der Waals surface area contributed by atoms with Crippen LogP contribution in [0.25, 0.3) is 0 Å². The first-order valence-electron chi connectivity index (χ1n) is 3.82. The summed E-state index contributed by atoms with van der Waals surface area (Å²) in [5.74, 6) is 0. The molecule has 0 amide bonds. The molecule has 0 aliphatic heterocycles. The van der Waals surface area contributed by atoms with Crippen molar-refractivity contribution in [3.05, 3.63) is 33.7 Å². The molecule has 0 aliphatic rings. The topological polar surface area (TPSA) is 22.0 Å². The van der Waals surface area contributed by atoms with Gasteiger partial charge in [-0.3, -0.25) is 4.79 Å². The predicted octanol–water partition coefficient (Wildman–Crippen LogP) is 1.26. The van der Waals surface area contributed by atoms with E-state index in [0.29, 0.717) is 0 Å². The molecule has 0 spiro atoms. The highest BCUT2D eigenvalue weighted by atomic mass is 16.1. The normalized spacial score (nSPS) is 10.1. The molecule has 0 saturated carbocycles. The number of aromatic nitrogens is 1. The third-order valence-corrected chi connectivity index (χ3v) is 2.01. The smallest absolute Gasteiger partial charge is 0.184 e. The number of hydrogen-bond acceptors (Lipinski definition) is 1. The van der Waals surface area contributed by atoms with Crippen molar-refractivity contribution in [3.8, 4) is 0 Å². The zero-order valence-electron chi connectivity index (χ0n) is 7.22. The Kier molecular flexibility index (Phi) is 2.13. The summed E-state index contributed by atoms with van der Waals surface area (Å²) in [5.41, 5.74) is 2.13. The van der Waals surface area contributed by atoms with Crippen molar-refractivity contribution in [2.45, 2.75) is 20.3 Å². The zero-order valence-corrected chi connectivity index (χ0v) is 7.22. The molecule has 0 radical (unpaired) electrons. The van der Waals surface area contributed by atoms with E-state index in [-0.39, 0.29) is 5.43 Å². The van der Waals surface area contributed by atoms with Crippen LogP contribution in [0.3, 0.4) is 0 Å². The lowest BCUT2D eigenvalue weighted by Crippen LogP contribution is -2.13. The Morgan fingerprint density at radius 1 is 1.55 bits per heavy atom. The lowest BCUT2D eigenvalue weighted by atomic mass is 10.1. The quantitative estimate of drug-likeness (QED) is 0.592. The summed E-state index contributed by atoms with van der Waals surface area (Å²) < 4.78 is 2.00. The van der Waals surface area contributed by atoms with Gasteiger partial charge in [-0.1, -0.05) is 6.92 Å². The Labute approximate surface area is 66.5 Å². The largest absolute Gasteiger partial charge is 0.354 e. The molecule has 1 heterocycles. The molecule has 0 atom stereocenters. The van der Waals surface area contributed by atoms with Crippen LogP contribution in [0.5, 0.6) is 0 Å². The van der Waals surface area contributed by atoms with E-state index < -0.39 is 0 Å². The summed E-state index contributed by atoms with van der Waals surface area (Å²) in [6.07, 6.45) is 2.73. The first-order valence-corrected chi connectivity index (χ1v) is 3.82. The minimum atomic E-state index is 0.139. The van der Waals surface area contributed by atoms with Crippen LogP contribution in [-0.4, -0.2) is 4.57 Å². The van der Waals surface area contributed by atoms with Gasteiger partial charge < -0.3 is 4.57 Å². The van der Waals surface area contributed by atoms with E-state index in [4.69, 9.17) is 0 Å². The van der Waals surface area contributed by atoms with Crippen molar-refractivity contribution in [2.75, 3.05) is 0 Å². The van der Waals surface area contributed by atoms with Crippen molar-refractivity contribution < 1.29 is 0 Å². The number of hydrogen-bond donors (Lipinski definition) is 0. The lowest BCUT2D eigenvalue weighted by molar-refractivity contribution is 0.798.